The zero-order valence-electron chi connectivity index (χ0n) is 8.77. The molecule has 1 fully saturated rings. The number of hydrogen-bond donors (Lipinski definition) is 1. The van der Waals surface area contributed by atoms with Crippen LogP contribution in [0.5, 0.6) is 0 Å². The maximum atomic E-state index is 11.7. The van der Waals surface area contributed by atoms with Crippen molar-refractivity contribution in [2.75, 3.05) is 11.5 Å². The molecule has 0 bridgehead atoms. The predicted molar refractivity (Wildman–Crippen MR) is 62.1 cm³/mol. The van der Waals surface area contributed by atoms with Crippen molar-refractivity contribution in [1.82, 2.24) is 4.72 Å². The Morgan fingerprint density at radius 3 is 2.87 bits per heavy atom. The molecule has 2 unspecified atom stereocenters. The van der Waals surface area contributed by atoms with Crippen LogP contribution < -0.4 is 4.72 Å². The summed E-state index contributed by atoms with van der Waals surface area (Å²) in [6, 6.07) is 1.83. The molecular formula is C9H16N2O2S2. The van der Waals surface area contributed by atoms with E-state index in [-0.39, 0.29) is 6.04 Å². The fourth-order valence-electron chi connectivity index (χ4n) is 1.53. The second-order valence-electron chi connectivity index (χ2n) is 3.60. The van der Waals surface area contributed by atoms with E-state index in [0.717, 1.165) is 24.3 Å². The maximum absolute atomic E-state index is 11.7. The number of nitrogens with one attached hydrogen (secondary N) is 1. The van der Waals surface area contributed by atoms with Crippen LogP contribution in [0.1, 0.15) is 26.2 Å². The molecule has 0 spiro atoms. The molecule has 1 aliphatic heterocycles. The summed E-state index contributed by atoms with van der Waals surface area (Å²) in [7, 11) is -3.45. The van der Waals surface area contributed by atoms with E-state index in [4.69, 9.17) is 5.26 Å². The highest BCUT2D eigenvalue weighted by molar-refractivity contribution is 7.99. The van der Waals surface area contributed by atoms with E-state index < -0.39 is 15.3 Å². The summed E-state index contributed by atoms with van der Waals surface area (Å²) in [5.41, 5.74) is 0. The van der Waals surface area contributed by atoms with E-state index in [2.05, 4.69) is 4.72 Å². The molecule has 2 atom stereocenters. The van der Waals surface area contributed by atoms with Crippen LogP contribution >= 0.6 is 11.8 Å². The van der Waals surface area contributed by atoms with Crippen LogP contribution in [0.3, 0.4) is 0 Å². The summed E-state index contributed by atoms with van der Waals surface area (Å²) in [4.78, 5) is 0. The SMILES string of the molecule is CCC(C#N)S(=O)(=O)NC1CCCSC1. The van der Waals surface area contributed by atoms with Crippen molar-refractivity contribution in [3.63, 3.8) is 0 Å². The first kappa shape index (κ1) is 12.8. The van der Waals surface area contributed by atoms with Crippen molar-refractivity contribution in [1.29, 1.82) is 5.26 Å². The summed E-state index contributed by atoms with van der Waals surface area (Å²) >= 11 is 1.76. The lowest BCUT2D eigenvalue weighted by atomic mass is 10.2. The maximum Gasteiger partial charge on any atom is 0.228 e. The minimum absolute atomic E-state index is 0.0103. The molecule has 0 aliphatic carbocycles. The van der Waals surface area contributed by atoms with Crippen molar-refractivity contribution < 1.29 is 8.42 Å². The molecule has 1 saturated heterocycles. The summed E-state index contributed by atoms with van der Waals surface area (Å²) < 4.78 is 26.1. The van der Waals surface area contributed by atoms with Gasteiger partial charge >= 0.3 is 0 Å². The van der Waals surface area contributed by atoms with Gasteiger partial charge in [0.05, 0.1) is 6.07 Å². The molecule has 15 heavy (non-hydrogen) atoms. The molecule has 86 valence electrons. The topological polar surface area (TPSA) is 70.0 Å². The van der Waals surface area contributed by atoms with Crippen molar-refractivity contribution in [3.8, 4) is 6.07 Å². The molecule has 1 heterocycles. The second kappa shape index (κ2) is 5.73. The van der Waals surface area contributed by atoms with Gasteiger partial charge in [-0.25, -0.2) is 13.1 Å². The number of rotatable bonds is 4. The van der Waals surface area contributed by atoms with Crippen LogP contribution in [0.2, 0.25) is 0 Å². The molecule has 0 radical (unpaired) electrons. The molecule has 1 N–H and O–H groups in total. The van der Waals surface area contributed by atoms with E-state index in [1.165, 1.54) is 0 Å². The highest BCUT2D eigenvalue weighted by Crippen LogP contribution is 2.18. The van der Waals surface area contributed by atoms with E-state index in [1.54, 1.807) is 18.7 Å². The molecule has 1 aliphatic rings. The zero-order chi connectivity index (χ0) is 11.3. The number of sulfonamides is 1. The first-order valence-electron chi connectivity index (χ1n) is 5.08. The Bertz CT molecular complexity index is 329. The third-order valence-corrected chi connectivity index (χ3v) is 5.45. The molecule has 0 aromatic rings. The first-order valence-corrected chi connectivity index (χ1v) is 7.78. The average molecular weight is 248 g/mol. The fraction of sp³-hybridized carbons (Fsp3) is 0.889. The van der Waals surface area contributed by atoms with Gasteiger partial charge in [-0.05, 0) is 25.0 Å². The molecule has 0 aromatic heterocycles. The van der Waals surface area contributed by atoms with Gasteiger partial charge in [0, 0.05) is 11.8 Å². The molecule has 1 rings (SSSR count). The van der Waals surface area contributed by atoms with E-state index in [0.29, 0.717) is 6.42 Å². The summed E-state index contributed by atoms with van der Waals surface area (Å²) in [5.74, 6) is 1.93. The average Bonchev–Trinajstić information content (AvgIpc) is 2.19. The van der Waals surface area contributed by atoms with E-state index in [1.807, 2.05) is 6.07 Å². The van der Waals surface area contributed by atoms with Crippen LogP contribution in [0.4, 0.5) is 0 Å². The molecule has 0 saturated carbocycles. The van der Waals surface area contributed by atoms with Gasteiger partial charge in [0.1, 0.15) is 0 Å². The molecule has 6 heteroatoms. The quantitative estimate of drug-likeness (QED) is 0.809. The van der Waals surface area contributed by atoms with Gasteiger partial charge in [-0.2, -0.15) is 17.0 Å². The minimum atomic E-state index is -3.45. The number of nitriles is 1. The van der Waals surface area contributed by atoms with Gasteiger partial charge in [0.2, 0.25) is 10.0 Å². The fourth-order valence-corrected chi connectivity index (χ4v) is 4.11. The van der Waals surface area contributed by atoms with Crippen LogP contribution in [0.15, 0.2) is 0 Å². The predicted octanol–water partition coefficient (Wildman–Crippen LogP) is 1.10. The van der Waals surface area contributed by atoms with Crippen molar-refractivity contribution >= 4 is 21.8 Å². The molecule has 4 nitrogen and oxygen atoms in total. The van der Waals surface area contributed by atoms with Crippen LogP contribution in [-0.2, 0) is 10.0 Å². The Morgan fingerprint density at radius 2 is 2.40 bits per heavy atom. The number of thioether (sulfide) groups is 1. The third-order valence-electron chi connectivity index (χ3n) is 2.38. The molecular weight excluding hydrogens is 232 g/mol. The zero-order valence-corrected chi connectivity index (χ0v) is 10.4. The number of nitrogens with zero attached hydrogens (tertiary/aromatic N) is 1. The van der Waals surface area contributed by atoms with Crippen molar-refractivity contribution in [2.24, 2.45) is 0 Å². The van der Waals surface area contributed by atoms with Crippen LogP contribution in [0, 0.1) is 11.3 Å². The highest BCUT2D eigenvalue weighted by atomic mass is 32.2. The Kier molecular flexibility index (Phi) is 4.90. The highest BCUT2D eigenvalue weighted by Gasteiger charge is 2.27. The number of hydrogen-bond acceptors (Lipinski definition) is 4. The summed E-state index contributed by atoms with van der Waals surface area (Å²) in [6.07, 6.45) is 2.26. The summed E-state index contributed by atoms with van der Waals surface area (Å²) in [6.45, 7) is 1.71. The second-order valence-corrected chi connectivity index (χ2v) is 6.65. The summed E-state index contributed by atoms with van der Waals surface area (Å²) in [5, 5.41) is 7.80. The molecule has 0 amide bonds. The van der Waals surface area contributed by atoms with Crippen molar-refractivity contribution in [3.05, 3.63) is 0 Å². The smallest absolute Gasteiger partial charge is 0.211 e. The Labute approximate surface area is 95.5 Å². The minimum Gasteiger partial charge on any atom is -0.211 e. The lowest BCUT2D eigenvalue weighted by Gasteiger charge is -2.23. The van der Waals surface area contributed by atoms with Crippen LogP contribution in [0.25, 0.3) is 0 Å². The van der Waals surface area contributed by atoms with E-state index >= 15 is 0 Å². The third kappa shape index (κ3) is 3.67. The largest absolute Gasteiger partial charge is 0.228 e. The van der Waals surface area contributed by atoms with Gasteiger partial charge in [0.15, 0.2) is 5.25 Å². The standard InChI is InChI=1S/C9H16N2O2S2/c1-2-9(6-10)15(12,13)11-8-4-3-5-14-7-8/h8-9,11H,2-5,7H2,1H3. The van der Waals surface area contributed by atoms with Gasteiger partial charge in [-0.1, -0.05) is 6.92 Å². The van der Waals surface area contributed by atoms with Gasteiger partial charge in [0.25, 0.3) is 0 Å². The van der Waals surface area contributed by atoms with E-state index in [9.17, 15) is 8.42 Å². The molecule has 0 aromatic carbocycles. The Morgan fingerprint density at radius 1 is 1.67 bits per heavy atom. The Balaban J connectivity index is 2.59. The van der Waals surface area contributed by atoms with Crippen LogP contribution in [-0.4, -0.2) is 31.2 Å². The lowest BCUT2D eigenvalue weighted by Crippen LogP contribution is -2.42. The first-order chi connectivity index (χ1) is 7.10. The lowest BCUT2D eigenvalue weighted by molar-refractivity contribution is 0.536. The van der Waals surface area contributed by atoms with Gasteiger partial charge in [-0.3, -0.25) is 0 Å². The Hall–Kier alpha value is -0.250. The normalized spacial score (nSPS) is 24.4. The van der Waals surface area contributed by atoms with Crippen molar-refractivity contribution in [2.45, 2.75) is 37.5 Å². The van der Waals surface area contributed by atoms with Gasteiger partial charge < -0.3 is 0 Å². The van der Waals surface area contributed by atoms with Gasteiger partial charge in [-0.15, -0.1) is 0 Å². The monoisotopic (exact) mass is 248 g/mol.